The quantitative estimate of drug-likeness (QED) is 0.697. The Morgan fingerprint density at radius 2 is 1.50 bits per heavy atom. The van der Waals surface area contributed by atoms with Gasteiger partial charge in [-0.2, -0.15) is 0 Å². The van der Waals surface area contributed by atoms with Gasteiger partial charge in [0.2, 0.25) is 0 Å². The molecular weight excluding hydrogens is 196 g/mol. The van der Waals surface area contributed by atoms with Gasteiger partial charge in [-0.05, 0) is 61.8 Å². The lowest BCUT2D eigenvalue weighted by molar-refractivity contribution is -0.120. The second kappa shape index (κ2) is 4.40. The Morgan fingerprint density at radius 3 is 2.00 bits per heavy atom. The number of carbonyl (C=O) groups is 1. The van der Waals surface area contributed by atoms with Crippen molar-refractivity contribution in [2.24, 2.45) is 0 Å². The highest BCUT2D eigenvalue weighted by atomic mass is 16.1. The van der Waals surface area contributed by atoms with E-state index in [0.717, 1.165) is 25.7 Å². The molecule has 1 saturated carbocycles. The summed E-state index contributed by atoms with van der Waals surface area (Å²) in [6.07, 6.45) is 3.63. The van der Waals surface area contributed by atoms with Gasteiger partial charge in [0.25, 0.3) is 0 Å². The number of Topliss-reactive ketones (excluding diaryl/α,β-unsaturated/α-hetero) is 1. The van der Waals surface area contributed by atoms with Gasteiger partial charge < -0.3 is 0 Å². The van der Waals surface area contributed by atoms with E-state index in [1.54, 1.807) is 0 Å². The summed E-state index contributed by atoms with van der Waals surface area (Å²) in [4.78, 5) is 11.2. The van der Waals surface area contributed by atoms with Crippen LogP contribution >= 0.6 is 0 Å². The first kappa shape index (κ1) is 11.4. The molecule has 1 aromatic carbocycles. The molecule has 1 aliphatic carbocycles. The monoisotopic (exact) mass is 216 g/mol. The number of hydrogen-bond donors (Lipinski definition) is 0. The van der Waals surface area contributed by atoms with Crippen LogP contribution < -0.4 is 0 Å². The van der Waals surface area contributed by atoms with Crippen LogP contribution in [-0.4, -0.2) is 5.78 Å². The average Bonchev–Trinajstić information content (AvgIpc) is 2.26. The molecule has 0 spiro atoms. The minimum atomic E-state index is 0.441. The number of hydrogen-bond acceptors (Lipinski definition) is 1. The second-order valence-electron chi connectivity index (χ2n) is 5.09. The fraction of sp³-hybridized carbons (Fsp3) is 0.533. The highest BCUT2D eigenvalue weighted by Crippen LogP contribution is 2.32. The highest BCUT2D eigenvalue weighted by molar-refractivity contribution is 5.79. The van der Waals surface area contributed by atoms with Gasteiger partial charge in [-0.1, -0.05) is 12.1 Å². The summed E-state index contributed by atoms with van der Waals surface area (Å²) in [7, 11) is 0. The van der Waals surface area contributed by atoms with Crippen molar-refractivity contribution < 1.29 is 4.79 Å². The molecule has 0 saturated heterocycles. The van der Waals surface area contributed by atoms with Crippen molar-refractivity contribution in [3.8, 4) is 0 Å². The average molecular weight is 216 g/mol. The van der Waals surface area contributed by atoms with E-state index in [1.165, 1.54) is 22.3 Å². The maximum Gasteiger partial charge on any atom is 0.132 e. The molecule has 2 rings (SSSR count). The van der Waals surface area contributed by atoms with Gasteiger partial charge in [-0.3, -0.25) is 4.79 Å². The van der Waals surface area contributed by atoms with Crippen LogP contribution in [0.2, 0.25) is 0 Å². The molecule has 1 heteroatoms. The Bertz CT molecular complexity index is 384. The van der Waals surface area contributed by atoms with Gasteiger partial charge in [0.1, 0.15) is 5.78 Å². The van der Waals surface area contributed by atoms with Gasteiger partial charge in [0, 0.05) is 12.8 Å². The number of ketones is 1. The molecule has 1 fully saturated rings. The fourth-order valence-corrected chi connectivity index (χ4v) is 2.58. The van der Waals surface area contributed by atoms with E-state index >= 15 is 0 Å². The number of carbonyl (C=O) groups excluding carboxylic acids is 1. The molecule has 0 amide bonds. The Kier molecular flexibility index (Phi) is 3.13. The zero-order valence-electron chi connectivity index (χ0n) is 10.5. The van der Waals surface area contributed by atoms with Gasteiger partial charge in [-0.25, -0.2) is 0 Å². The molecular formula is C15H20O. The molecule has 0 atom stereocenters. The van der Waals surface area contributed by atoms with E-state index in [-0.39, 0.29) is 0 Å². The largest absolute Gasteiger partial charge is 0.300 e. The third-order valence-electron chi connectivity index (χ3n) is 3.96. The molecule has 0 aliphatic heterocycles. The Labute approximate surface area is 97.9 Å². The van der Waals surface area contributed by atoms with Crippen molar-refractivity contribution in [1.82, 2.24) is 0 Å². The molecule has 1 nitrogen and oxygen atoms in total. The zero-order valence-corrected chi connectivity index (χ0v) is 10.5. The van der Waals surface area contributed by atoms with Crippen LogP contribution in [-0.2, 0) is 4.79 Å². The Morgan fingerprint density at radius 1 is 1.00 bits per heavy atom. The minimum absolute atomic E-state index is 0.441. The third-order valence-corrected chi connectivity index (χ3v) is 3.96. The maximum absolute atomic E-state index is 11.2. The lowest BCUT2D eigenvalue weighted by Crippen LogP contribution is -2.12. The minimum Gasteiger partial charge on any atom is -0.300 e. The van der Waals surface area contributed by atoms with Gasteiger partial charge in [-0.15, -0.1) is 0 Å². The summed E-state index contributed by atoms with van der Waals surface area (Å²) in [5, 5.41) is 0. The Hall–Kier alpha value is -1.11. The Balaban J connectivity index is 2.24. The van der Waals surface area contributed by atoms with Gasteiger partial charge >= 0.3 is 0 Å². The smallest absolute Gasteiger partial charge is 0.132 e. The molecule has 0 aromatic heterocycles. The molecule has 0 bridgehead atoms. The number of rotatable bonds is 1. The summed E-state index contributed by atoms with van der Waals surface area (Å²) >= 11 is 0. The van der Waals surface area contributed by atoms with E-state index in [9.17, 15) is 4.79 Å². The summed E-state index contributed by atoms with van der Waals surface area (Å²) in [6, 6.07) is 4.62. The highest BCUT2D eigenvalue weighted by Gasteiger charge is 2.20. The van der Waals surface area contributed by atoms with Crippen molar-refractivity contribution in [3.05, 3.63) is 34.4 Å². The maximum atomic E-state index is 11.2. The van der Waals surface area contributed by atoms with Gasteiger partial charge in [0.05, 0.1) is 0 Å². The molecule has 16 heavy (non-hydrogen) atoms. The zero-order chi connectivity index (χ0) is 11.7. The predicted molar refractivity (Wildman–Crippen MR) is 66.9 cm³/mol. The number of benzene rings is 1. The number of aryl methyl sites for hydroxylation is 2. The van der Waals surface area contributed by atoms with Gasteiger partial charge in [0.15, 0.2) is 0 Å². The summed E-state index contributed by atoms with van der Waals surface area (Å²) < 4.78 is 0. The molecule has 0 unspecified atom stereocenters. The lowest BCUT2D eigenvalue weighted by atomic mass is 9.82. The van der Waals surface area contributed by atoms with Crippen LogP contribution in [0, 0.1) is 20.8 Å². The van der Waals surface area contributed by atoms with Crippen LogP contribution in [0.1, 0.15) is 53.9 Å². The van der Waals surface area contributed by atoms with Crippen molar-refractivity contribution in [1.29, 1.82) is 0 Å². The summed E-state index contributed by atoms with van der Waals surface area (Å²) in [6.45, 7) is 6.54. The van der Waals surface area contributed by atoms with Crippen molar-refractivity contribution >= 4 is 5.78 Å². The molecule has 1 aliphatic rings. The normalized spacial score (nSPS) is 17.8. The standard InChI is InChI=1S/C15H20O/c1-10-8-14(9-11(2)12(10)3)13-4-6-15(16)7-5-13/h8-9,13H,4-7H2,1-3H3. The lowest BCUT2D eigenvalue weighted by Gasteiger charge is -2.22. The van der Waals surface area contributed by atoms with Crippen LogP contribution in [0.15, 0.2) is 12.1 Å². The SMILES string of the molecule is Cc1cc(C2CCC(=O)CC2)cc(C)c1C. The van der Waals surface area contributed by atoms with E-state index in [4.69, 9.17) is 0 Å². The van der Waals surface area contributed by atoms with Crippen LogP contribution in [0.25, 0.3) is 0 Å². The van der Waals surface area contributed by atoms with Crippen LogP contribution in [0.3, 0.4) is 0 Å². The first-order chi connectivity index (χ1) is 7.58. The predicted octanol–water partition coefficient (Wildman–Crippen LogP) is 3.84. The van der Waals surface area contributed by atoms with Crippen molar-refractivity contribution in [2.75, 3.05) is 0 Å². The van der Waals surface area contributed by atoms with Crippen LogP contribution in [0.4, 0.5) is 0 Å². The third kappa shape index (κ3) is 2.18. The fourth-order valence-electron chi connectivity index (χ4n) is 2.58. The van der Waals surface area contributed by atoms with Crippen molar-refractivity contribution in [2.45, 2.75) is 52.4 Å². The van der Waals surface area contributed by atoms with Crippen LogP contribution in [0.5, 0.6) is 0 Å². The second-order valence-corrected chi connectivity index (χ2v) is 5.09. The van der Waals surface area contributed by atoms with E-state index in [2.05, 4.69) is 32.9 Å². The van der Waals surface area contributed by atoms with Crippen molar-refractivity contribution in [3.63, 3.8) is 0 Å². The summed E-state index contributed by atoms with van der Waals surface area (Å²) in [5.41, 5.74) is 5.60. The molecule has 1 aromatic rings. The summed E-state index contributed by atoms with van der Waals surface area (Å²) in [5.74, 6) is 1.05. The molecule has 86 valence electrons. The topological polar surface area (TPSA) is 17.1 Å². The first-order valence-electron chi connectivity index (χ1n) is 6.17. The molecule has 0 radical (unpaired) electrons. The molecule has 0 N–H and O–H groups in total. The van der Waals surface area contributed by atoms with E-state index in [1.807, 2.05) is 0 Å². The van der Waals surface area contributed by atoms with E-state index < -0.39 is 0 Å². The first-order valence-corrected chi connectivity index (χ1v) is 6.17. The van der Waals surface area contributed by atoms with E-state index in [0.29, 0.717) is 11.7 Å². The molecule has 0 heterocycles.